The number of pyridine rings is 2. The second-order valence-corrected chi connectivity index (χ2v) is 6.31. The van der Waals surface area contributed by atoms with Gasteiger partial charge >= 0.3 is 0 Å². The van der Waals surface area contributed by atoms with E-state index in [1.165, 1.54) is 6.08 Å². The van der Waals surface area contributed by atoms with Gasteiger partial charge in [-0.3, -0.25) is 14.8 Å². The van der Waals surface area contributed by atoms with Crippen LogP contribution in [0.5, 0.6) is 0 Å². The summed E-state index contributed by atoms with van der Waals surface area (Å²) in [6, 6.07) is 7.10. The number of amidine groups is 1. The average molecular weight is 349 g/mol. The number of H-pyrrole nitrogens is 1. The van der Waals surface area contributed by atoms with Gasteiger partial charge in [0.05, 0.1) is 12.0 Å². The topological polar surface area (TPSA) is 68.5 Å². The van der Waals surface area contributed by atoms with E-state index in [1.54, 1.807) is 30.9 Å². The van der Waals surface area contributed by atoms with E-state index in [0.29, 0.717) is 18.7 Å². The van der Waals surface area contributed by atoms with Crippen LogP contribution < -0.4 is 10.3 Å². The molecule has 26 heavy (non-hydrogen) atoms. The first kappa shape index (κ1) is 16.3. The van der Waals surface area contributed by atoms with Crippen LogP contribution in [-0.2, 0) is 4.79 Å². The van der Waals surface area contributed by atoms with E-state index in [9.17, 15) is 9.18 Å². The molecule has 5 nitrogen and oxygen atoms in total. The molecule has 1 aliphatic heterocycles. The molecular formula is C20H18FN4O+. The highest BCUT2D eigenvalue weighted by molar-refractivity contribution is 6.10. The molecule has 0 fully saturated rings. The fourth-order valence-electron chi connectivity index (χ4n) is 3.36. The number of aromatic nitrogens is 2. The highest BCUT2D eigenvalue weighted by Crippen LogP contribution is 2.38. The molecule has 3 heterocycles. The van der Waals surface area contributed by atoms with Crippen LogP contribution >= 0.6 is 0 Å². The van der Waals surface area contributed by atoms with Crippen LogP contribution in [0.3, 0.4) is 0 Å². The number of aromatic amines is 1. The number of amides is 1. The van der Waals surface area contributed by atoms with Crippen LogP contribution in [0.2, 0.25) is 0 Å². The van der Waals surface area contributed by atoms with Gasteiger partial charge in [-0.15, -0.1) is 0 Å². The summed E-state index contributed by atoms with van der Waals surface area (Å²) < 4.78 is 13.4. The minimum Gasteiger partial charge on any atom is -0.310 e. The van der Waals surface area contributed by atoms with Gasteiger partial charge in [0.25, 0.3) is 0 Å². The molecule has 0 saturated heterocycles. The lowest BCUT2D eigenvalue weighted by Gasteiger charge is -2.32. The number of hydrogen-bond donors (Lipinski definition) is 1. The molecule has 4 rings (SSSR count). The molecule has 2 unspecified atom stereocenters. The van der Waals surface area contributed by atoms with Crippen LogP contribution in [0, 0.1) is 5.92 Å². The number of allylic oxidation sites excluding steroid dienone is 3. The van der Waals surface area contributed by atoms with Gasteiger partial charge in [-0.2, -0.15) is 0 Å². The fourth-order valence-corrected chi connectivity index (χ4v) is 3.36. The number of halogens is 1. The Morgan fingerprint density at radius 2 is 1.85 bits per heavy atom. The first-order valence-corrected chi connectivity index (χ1v) is 8.52. The van der Waals surface area contributed by atoms with Crippen LogP contribution in [-0.4, -0.2) is 16.7 Å². The zero-order chi connectivity index (χ0) is 17.9. The molecule has 0 bridgehead atoms. The molecule has 0 spiro atoms. The van der Waals surface area contributed by atoms with Crippen molar-refractivity contribution in [1.82, 2.24) is 10.3 Å². The second-order valence-electron chi connectivity index (χ2n) is 6.31. The van der Waals surface area contributed by atoms with Crippen molar-refractivity contribution in [3.63, 3.8) is 0 Å². The van der Waals surface area contributed by atoms with Crippen molar-refractivity contribution in [1.29, 1.82) is 0 Å². The normalized spacial score (nSPS) is 22.8. The number of aliphatic imine (C=N–C) groups is 1. The predicted octanol–water partition coefficient (Wildman–Crippen LogP) is 2.70. The van der Waals surface area contributed by atoms with E-state index in [1.807, 2.05) is 24.3 Å². The highest BCUT2D eigenvalue weighted by Gasteiger charge is 2.37. The van der Waals surface area contributed by atoms with Crippen molar-refractivity contribution in [3.05, 3.63) is 83.7 Å². The van der Waals surface area contributed by atoms with E-state index in [2.05, 4.69) is 15.3 Å². The van der Waals surface area contributed by atoms with Gasteiger partial charge in [-0.1, -0.05) is 11.6 Å². The lowest BCUT2D eigenvalue weighted by atomic mass is 9.81. The summed E-state index contributed by atoms with van der Waals surface area (Å²) in [6.07, 6.45) is 11.0. The Kier molecular flexibility index (Phi) is 4.39. The van der Waals surface area contributed by atoms with Crippen molar-refractivity contribution >= 4 is 11.7 Å². The quantitative estimate of drug-likeness (QED) is 0.926. The van der Waals surface area contributed by atoms with Gasteiger partial charge in [0, 0.05) is 36.5 Å². The number of hydrogen-bond acceptors (Lipinski definition) is 3. The Labute approximate surface area is 150 Å². The summed E-state index contributed by atoms with van der Waals surface area (Å²) in [5, 5.41) is 2.92. The van der Waals surface area contributed by atoms with E-state index in [-0.39, 0.29) is 17.8 Å². The molecular weight excluding hydrogens is 331 g/mol. The zero-order valence-electron chi connectivity index (χ0n) is 14.0. The van der Waals surface area contributed by atoms with E-state index >= 15 is 0 Å². The smallest absolute Gasteiger partial charge is 0.235 e. The van der Waals surface area contributed by atoms with Gasteiger partial charge in [-0.25, -0.2) is 9.37 Å². The lowest BCUT2D eigenvalue weighted by molar-refractivity contribution is -0.378. The van der Waals surface area contributed by atoms with Crippen molar-refractivity contribution < 1.29 is 14.2 Å². The maximum absolute atomic E-state index is 13.4. The molecule has 1 aliphatic carbocycles. The number of nitrogens with zero attached hydrogens (tertiary/aromatic N) is 2. The van der Waals surface area contributed by atoms with Crippen LogP contribution in [0.25, 0.3) is 0 Å². The van der Waals surface area contributed by atoms with Gasteiger partial charge in [0.2, 0.25) is 5.91 Å². The molecule has 0 saturated carbocycles. The highest BCUT2D eigenvalue weighted by atomic mass is 19.1. The number of rotatable bonds is 3. The van der Waals surface area contributed by atoms with Crippen molar-refractivity contribution in [2.75, 3.05) is 0 Å². The maximum atomic E-state index is 13.4. The molecule has 6 heteroatoms. The van der Waals surface area contributed by atoms with Gasteiger partial charge in [0.1, 0.15) is 11.7 Å². The molecule has 2 atom stereocenters. The third-order valence-corrected chi connectivity index (χ3v) is 4.68. The first-order valence-electron chi connectivity index (χ1n) is 8.52. The molecule has 0 aromatic carbocycles. The Hall–Kier alpha value is -3.15. The van der Waals surface area contributed by atoms with Gasteiger partial charge < -0.3 is 5.32 Å². The lowest BCUT2D eigenvalue weighted by Crippen LogP contribution is -2.44. The van der Waals surface area contributed by atoms with Crippen molar-refractivity contribution in [2.24, 2.45) is 10.9 Å². The summed E-state index contributed by atoms with van der Waals surface area (Å²) in [4.78, 5) is 24.8. The van der Waals surface area contributed by atoms with Crippen molar-refractivity contribution in [2.45, 2.75) is 18.9 Å². The third kappa shape index (κ3) is 3.18. The molecule has 2 aromatic heterocycles. The Balaban J connectivity index is 1.79. The Morgan fingerprint density at radius 3 is 2.54 bits per heavy atom. The van der Waals surface area contributed by atoms with Gasteiger partial charge in [-0.05, 0) is 30.2 Å². The molecule has 0 radical (unpaired) electrons. The zero-order valence-corrected chi connectivity index (χ0v) is 14.0. The first-order chi connectivity index (χ1) is 12.7. The molecule has 1 amide bonds. The SMILES string of the molecule is O=C1NC(c2cc[nH+]cc2)=NC(c2ccncc2)C1C1=CC=C(F)CC1. The summed E-state index contributed by atoms with van der Waals surface area (Å²) in [5.41, 5.74) is 2.64. The van der Waals surface area contributed by atoms with E-state index in [4.69, 9.17) is 4.99 Å². The predicted molar refractivity (Wildman–Crippen MR) is 94.7 cm³/mol. The fraction of sp³-hybridized carbons (Fsp3) is 0.200. The summed E-state index contributed by atoms with van der Waals surface area (Å²) in [6.45, 7) is 0. The largest absolute Gasteiger partial charge is 0.310 e. The average Bonchev–Trinajstić information content (AvgIpc) is 2.70. The Bertz CT molecular complexity index is 906. The minimum atomic E-state index is -0.458. The molecule has 2 aliphatic rings. The maximum Gasteiger partial charge on any atom is 0.235 e. The summed E-state index contributed by atoms with van der Waals surface area (Å²) in [5.74, 6) is -0.192. The minimum absolute atomic E-state index is 0.119. The van der Waals surface area contributed by atoms with Crippen LogP contribution in [0.1, 0.15) is 30.0 Å². The summed E-state index contributed by atoms with van der Waals surface area (Å²) in [7, 11) is 0. The monoisotopic (exact) mass is 349 g/mol. The molecule has 2 N–H and O–H groups in total. The number of carbonyl (C=O) groups is 1. The van der Waals surface area contributed by atoms with Crippen molar-refractivity contribution in [3.8, 4) is 0 Å². The summed E-state index contributed by atoms with van der Waals surface area (Å²) >= 11 is 0. The number of carbonyl (C=O) groups excluding carboxylic acids is 1. The Morgan fingerprint density at radius 1 is 1.08 bits per heavy atom. The molecule has 130 valence electrons. The second kappa shape index (κ2) is 7.00. The van der Waals surface area contributed by atoms with Crippen LogP contribution in [0.4, 0.5) is 4.39 Å². The molecule has 2 aromatic rings. The van der Waals surface area contributed by atoms with Gasteiger partial charge in [0.15, 0.2) is 12.4 Å². The van der Waals surface area contributed by atoms with Crippen LogP contribution in [0.15, 0.2) is 77.6 Å². The number of nitrogens with one attached hydrogen (secondary N) is 2. The standard InChI is InChI=1S/C20H17FN4O/c21-16-3-1-13(2-4-16)17-18(14-5-9-22-10-6-14)24-19(25-20(17)26)15-7-11-23-12-8-15/h1,3,5-12,17-18H,2,4H2,(H,24,25,26)/p+1. The van der Waals surface area contributed by atoms with E-state index < -0.39 is 5.92 Å². The third-order valence-electron chi connectivity index (χ3n) is 4.68. The van der Waals surface area contributed by atoms with E-state index in [0.717, 1.165) is 16.7 Å².